The molecular weight excluding hydrogens is 528 g/mol. The SMILES string of the molecule is O=C(CCc1ccccc1-c1ccccc1CC1(CCC(=O)OCCO)c2ccccc2-c2ccccc21)OCCO. The van der Waals surface area contributed by atoms with Gasteiger partial charge >= 0.3 is 11.9 Å². The van der Waals surface area contributed by atoms with Crippen LogP contribution in [-0.4, -0.2) is 48.6 Å². The van der Waals surface area contributed by atoms with E-state index in [4.69, 9.17) is 19.7 Å². The predicted molar refractivity (Wildman–Crippen MR) is 162 cm³/mol. The zero-order valence-electron chi connectivity index (χ0n) is 23.6. The van der Waals surface area contributed by atoms with E-state index in [1.807, 2.05) is 30.3 Å². The van der Waals surface area contributed by atoms with Crippen LogP contribution in [0.5, 0.6) is 0 Å². The van der Waals surface area contributed by atoms with Crippen LogP contribution in [0.25, 0.3) is 22.3 Å². The molecule has 5 rings (SSSR count). The predicted octanol–water partition coefficient (Wildman–Crippen LogP) is 5.65. The Morgan fingerprint density at radius 1 is 0.571 bits per heavy atom. The molecular formula is C36H36O6. The third-order valence-electron chi connectivity index (χ3n) is 8.06. The van der Waals surface area contributed by atoms with Crippen molar-refractivity contribution < 1.29 is 29.3 Å². The largest absolute Gasteiger partial charge is 0.463 e. The number of rotatable bonds is 13. The van der Waals surface area contributed by atoms with Gasteiger partial charge < -0.3 is 19.7 Å². The van der Waals surface area contributed by atoms with E-state index >= 15 is 0 Å². The Morgan fingerprint density at radius 2 is 1.02 bits per heavy atom. The number of aryl methyl sites for hydroxylation is 1. The quantitative estimate of drug-likeness (QED) is 0.204. The smallest absolute Gasteiger partial charge is 0.306 e. The number of ether oxygens (including phenoxy) is 2. The van der Waals surface area contributed by atoms with Crippen LogP contribution < -0.4 is 0 Å². The molecule has 6 heteroatoms. The van der Waals surface area contributed by atoms with Crippen molar-refractivity contribution in [1.82, 2.24) is 0 Å². The van der Waals surface area contributed by atoms with Crippen molar-refractivity contribution in [2.75, 3.05) is 26.4 Å². The first-order chi connectivity index (χ1) is 20.6. The Balaban J connectivity index is 1.55. The van der Waals surface area contributed by atoms with E-state index in [9.17, 15) is 9.59 Å². The highest BCUT2D eigenvalue weighted by Gasteiger charge is 2.43. The Kier molecular flexibility index (Phi) is 9.47. The van der Waals surface area contributed by atoms with Crippen molar-refractivity contribution in [3.05, 3.63) is 119 Å². The van der Waals surface area contributed by atoms with Gasteiger partial charge in [0.2, 0.25) is 0 Å². The molecule has 0 aromatic heterocycles. The standard InChI is InChI=1S/C36H36O6/c37-21-23-41-34(39)18-17-26-9-1-3-11-28(26)29-12-4-2-10-27(29)25-36(20-19-35(40)42-24-22-38)32-15-7-5-13-30(32)31-14-6-8-16-33(31)36/h1-16,37-38H,17-25H2. The highest BCUT2D eigenvalue weighted by atomic mass is 16.5. The molecule has 4 aromatic rings. The number of hydrogen-bond donors (Lipinski definition) is 2. The van der Waals surface area contributed by atoms with E-state index in [0.717, 1.165) is 22.3 Å². The fourth-order valence-electron chi connectivity index (χ4n) is 6.24. The number of carbonyl (C=O) groups excluding carboxylic acids is 2. The Bertz CT molecular complexity index is 1500. The van der Waals surface area contributed by atoms with Gasteiger partial charge in [-0.3, -0.25) is 9.59 Å². The molecule has 0 aliphatic heterocycles. The molecule has 6 nitrogen and oxygen atoms in total. The molecule has 0 spiro atoms. The average Bonchev–Trinajstić information content (AvgIpc) is 3.31. The van der Waals surface area contributed by atoms with Crippen molar-refractivity contribution in [1.29, 1.82) is 0 Å². The van der Waals surface area contributed by atoms with Crippen LogP contribution in [0.1, 0.15) is 41.5 Å². The highest BCUT2D eigenvalue weighted by Crippen LogP contribution is 2.53. The van der Waals surface area contributed by atoms with Gasteiger partial charge in [-0.1, -0.05) is 97.1 Å². The molecule has 0 saturated heterocycles. The van der Waals surface area contributed by atoms with Gasteiger partial charge in [-0.05, 0) is 63.8 Å². The summed E-state index contributed by atoms with van der Waals surface area (Å²) in [5.41, 5.74) is 8.59. The molecule has 2 N–H and O–H groups in total. The summed E-state index contributed by atoms with van der Waals surface area (Å²) in [6, 6.07) is 33.3. The van der Waals surface area contributed by atoms with Crippen molar-refractivity contribution >= 4 is 11.9 Å². The van der Waals surface area contributed by atoms with Gasteiger partial charge in [0.25, 0.3) is 0 Å². The van der Waals surface area contributed by atoms with Crippen LogP contribution >= 0.6 is 0 Å². The van der Waals surface area contributed by atoms with Crippen LogP contribution in [0.4, 0.5) is 0 Å². The lowest BCUT2D eigenvalue weighted by molar-refractivity contribution is -0.145. The summed E-state index contributed by atoms with van der Waals surface area (Å²) in [5.74, 6) is -0.657. The summed E-state index contributed by atoms with van der Waals surface area (Å²) in [5, 5.41) is 18.1. The number of carbonyl (C=O) groups is 2. The number of fused-ring (bicyclic) bond motifs is 3. The average molecular weight is 565 g/mol. The lowest BCUT2D eigenvalue weighted by Crippen LogP contribution is -2.30. The fraction of sp³-hybridized carbons (Fsp3) is 0.278. The number of aliphatic hydroxyl groups is 2. The molecule has 0 amide bonds. The van der Waals surface area contributed by atoms with E-state index in [1.165, 1.54) is 22.3 Å². The minimum Gasteiger partial charge on any atom is -0.463 e. The third kappa shape index (κ3) is 6.15. The molecule has 1 aliphatic carbocycles. The summed E-state index contributed by atoms with van der Waals surface area (Å²) < 4.78 is 10.3. The maximum atomic E-state index is 12.7. The molecule has 216 valence electrons. The molecule has 0 atom stereocenters. The molecule has 0 bridgehead atoms. The third-order valence-corrected chi connectivity index (χ3v) is 8.06. The number of benzene rings is 4. The molecule has 0 radical (unpaired) electrons. The first kappa shape index (κ1) is 29.2. The Labute approximate surface area is 246 Å². The molecule has 0 unspecified atom stereocenters. The van der Waals surface area contributed by atoms with Gasteiger partial charge in [-0.15, -0.1) is 0 Å². The highest BCUT2D eigenvalue weighted by molar-refractivity contribution is 5.82. The first-order valence-corrected chi connectivity index (χ1v) is 14.5. The first-order valence-electron chi connectivity index (χ1n) is 14.5. The molecule has 0 fully saturated rings. The second-order valence-electron chi connectivity index (χ2n) is 10.6. The van der Waals surface area contributed by atoms with Gasteiger partial charge in [0, 0.05) is 18.3 Å². The maximum absolute atomic E-state index is 12.7. The van der Waals surface area contributed by atoms with Crippen LogP contribution in [0.2, 0.25) is 0 Å². The van der Waals surface area contributed by atoms with E-state index in [-0.39, 0.29) is 51.2 Å². The lowest BCUT2D eigenvalue weighted by atomic mass is 9.69. The Morgan fingerprint density at radius 3 is 1.60 bits per heavy atom. The second kappa shape index (κ2) is 13.6. The zero-order valence-corrected chi connectivity index (χ0v) is 23.6. The van der Waals surface area contributed by atoms with E-state index in [0.29, 0.717) is 19.3 Å². The monoisotopic (exact) mass is 564 g/mol. The van der Waals surface area contributed by atoms with Gasteiger partial charge in [0.15, 0.2) is 0 Å². The summed E-state index contributed by atoms with van der Waals surface area (Å²) >= 11 is 0. The van der Waals surface area contributed by atoms with Gasteiger partial charge in [0.1, 0.15) is 13.2 Å². The summed E-state index contributed by atoms with van der Waals surface area (Å²) in [6.07, 6.45) is 2.18. The zero-order chi connectivity index (χ0) is 29.4. The minimum atomic E-state index is -0.468. The Hall–Kier alpha value is -4.26. The van der Waals surface area contributed by atoms with E-state index in [1.54, 1.807) is 0 Å². The lowest BCUT2D eigenvalue weighted by Gasteiger charge is -2.33. The van der Waals surface area contributed by atoms with Crippen LogP contribution in [0, 0.1) is 0 Å². The van der Waals surface area contributed by atoms with Crippen molar-refractivity contribution in [3.8, 4) is 22.3 Å². The fourth-order valence-corrected chi connectivity index (χ4v) is 6.24. The molecule has 42 heavy (non-hydrogen) atoms. The van der Waals surface area contributed by atoms with Crippen molar-refractivity contribution in [2.24, 2.45) is 0 Å². The van der Waals surface area contributed by atoms with E-state index in [2.05, 4.69) is 66.7 Å². The van der Waals surface area contributed by atoms with Crippen LogP contribution in [0.15, 0.2) is 97.1 Å². The van der Waals surface area contributed by atoms with Crippen LogP contribution in [0.3, 0.4) is 0 Å². The maximum Gasteiger partial charge on any atom is 0.306 e. The van der Waals surface area contributed by atoms with Crippen LogP contribution in [-0.2, 0) is 37.3 Å². The number of esters is 2. The summed E-state index contributed by atoms with van der Waals surface area (Å²) in [6.45, 7) is -0.397. The van der Waals surface area contributed by atoms with E-state index < -0.39 is 5.41 Å². The number of hydrogen-bond acceptors (Lipinski definition) is 6. The number of aliphatic hydroxyl groups excluding tert-OH is 2. The van der Waals surface area contributed by atoms with Gasteiger partial charge in [-0.2, -0.15) is 0 Å². The summed E-state index contributed by atoms with van der Waals surface area (Å²) in [4.78, 5) is 24.9. The van der Waals surface area contributed by atoms with Crippen molar-refractivity contribution in [3.63, 3.8) is 0 Å². The second-order valence-corrected chi connectivity index (χ2v) is 10.6. The normalized spacial score (nSPS) is 12.8. The molecule has 4 aromatic carbocycles. The molecule has 0 heterocycles. The molecule has 0 saturated carbocycles. The topological polar surface area (TPSA) is 93.1 Å². The van der Waals surface area contributed by atoms with Gasteiger partial charge in [0.05, 0.1) is 13.2 Å². The van der Waals surface area contributed by atoms with Gasteiger partial charge in [-0.25, -0.2) is 0 Å². The summed E-state index contributed by atoms with van der Waals surface area (Å²) in [7, 11) is 0. The molecule has 1 aliphatic rings. The minimum absolute atomic E-state index is 0.00187. The van der Waals surface area contributed by atoms with Crippen molar-refractivity contribution in [2.45, 2.75) is 37.5 Å².